The Morgan fingerprint density at radius 2 is 2.06 bits per heavy atom. The van der Waals surface area contributed by atoms with E-state index in [0.29, 0.717) is 0 Å². The molecule has 1 aromatic carbocycles. The van der Waals surface area contributed by atoms with Crippen LogP contribution in [0.4, 0.5) is 0 Å². The van der Waals surface area contributed by atoms with E-state index in [1.165, 1.54) is 33.1 Å². The van der Waals surface area contributed by atoms with Crippen LogP contribution in [0.1, 0.15) is 40.2 Å². The Morgan fingerprint density at radius 1 is 1.28 bits per heavy atom. The van der Waals surface area contributed by atoms with Crippen molar-refractivity contribution >= 4 is 11.5 Å². The minimum atomic E-state index is 0.194. The molecule has 0 aliphatic carbocycles. The fourth-order valence-corrected chi connectivity index (χ4v) is 2.95. The van der Waals surface area contributed by atoms with Crippen LogP contribution in [0, 0.1) is 13.8 Å². The van der Waals surface area contributed by atoms with Crippen molar-refractivity contribution in [3.05, 3.63) is 45.5 Å². The summed E-state index contributed by atoms with van der Waals surface area (Å²) in [5.74, 6) is 0. The molecule has 0 saturated heterocycles. The van der Waals surface area contributed by atoms with Crippen LogP contribution in [-0.4, -0.2) is 16.6 Å². The molecule has 0 amide bonds. The number of rotatable bonds is 4. The predicted molar refractivity (Wildman–Crippen MR) is 76.1 cm³/mol. The molecule has 0 aliphatic rings. The quantitative estimate of drug-likeness (QED) is 0.919. The smallest absolute Gasteiger partial charge is 0.0804 e. The molecule has 0 bridgehead atoms. The third-order valence-corrected chi connectivity index (χ3v) is 4.17. The van der Waals surface area contributed by atoms with Crippen molar-refractivity contribution in [2.24, 2.45) is 0 Å². The monoisotopic (exact) mass is 261 g/mol. The van der Waals surface area contributed by atoms with Gasteiger partial charge in [0.1, 0.15) is 0 Å². The van der Waals surface area contributed by atoms with Crippen molar-refractivity contribution < 1.29 is 0 Å². The summed E-state index contributed by atoms with van der Waals surface area (Å²) in [6.07, 6.45) is 0.925. The lowest BCUT2D eigenvalue weighted by Crippen LogP contribution is -2.18. The Hall–Kier alpha value is -1.26. The van der Waals surface area contributed by atoms with Crippen molar-refractivity contribution in [3.63, 3.8) is 0 Å². The van der Waals surface area contributed by atoms with E-state index in [2.05, 4.69) is 53.9 Å². The maximum Gasteiger partial charge on any atom is 0.0804 e. The van der Waals surface area contributed by atoms with E-state index >= 15 is 0 Å². The molecular formula is C14H19N3S. The van der Waals surface area contributed by atoms with Gasteiger partial charge in [-0.1, -0.05) is 29.6 Å². The zero-order chi connectivity index (χ0) is 13.1. The Morgan fingerprint density at radius 3 is 2.67 bits per heavy atom. The molecule has 1 unspecified atom stereocenters. The standard InChI is InChI=1S/C14H19N3S/c1-5-12-14(18-17-16-12)13(15-4)11-7-6-9(2)10(3)8-11/h6-8,13,15H,5H2,1-4H3. The molecule has 1 N–H and O–H groups in total. The average Bonchev–Trinajstić information content (AvgIpc) is 2.83. The van der Waals surface area contributed by atoms with Crippen LogP contribution >= 0.6 is 11.5 Å². The molecule has 0 radical (unpaired) electrons. The van der Waals surface area contributed by atoms with Gasteiger partial charge in [0.05, 0.1) is 16.6 Å². The first-order valence-corrected chi connectivity index (χ1v) is 7.00. The van der Waals surface area contributed by atoms with Gasteiger partial charge in [-0.2, -0.15) is 0 Å². The molecule has 1 heterocycles. The molecule has 1 atom stereocenters. The largest absolute Gasteiger partial charge is 0.309 e. The number of aryl methyl sites for hydroxylation is 3. The molecule has 0 spiro atoms. The van der Waals surface area contributed by atoms with Gasteiger partial charge in [0.15, 0.2) is 0 Å². The number of nitrogens with zero attached hydrogens (tertiary/aromatic N) is 2. The summed E-state index contributed by atoms with van der Waals surface area (Å²) in [5, 5.41) is 7.57. The van der Waals surface area contributed by atoms with E-state index in [-0.39, 0.29) is 6.04 Å². The number of benzene rings is 1. The lowest BCUT2D eigenvalue weighted by molar-refractivity contribution is 0.692. The number of hydrogen-bond donors (Lipinski definition) is 1. The third-order valence-electron chi connectivity index (χ3n) is 3.34. The molecule has 0 aliphatic heterocycles. The minimum absolute atomic E-state index is 0.194. The Bertz CT molecular complexity index is 534. The van der Waals surface area contributed by atoms with Crippen LogP contribution in [0.15, 0.2) is 18.2 Å². The average molecular weight is 261 g/mol. The number of hydrogen-bond acceptors (Lipinski definition) is 4. The first-order chi connectivity index (χ1) is 8.67. The summed E-state index contributed by atoms with van der Waals surface area (Å²) >= 11 is 1.49. The highest BCUT2D eigenvalue weighted by molar-refractivity contribution is 7.05. The third kappa shape index (κ3) is 2.44. The molecule has 0 fully saturated rings. The van der Waals surface area contributed by atoms with Crippen LogP contribution in [0.5, 0.6) is 0 Å². The second kappa shape index (κ2) is 5.59. The van der Waals surface area contributed by atoms with Gasteiger partial charge in [-0.25, -0.2) is 0 Å². The van der Waals surface area contributed by atoms with Crippen LogP contribution in [-0.2, 0) is 6.42 Å². The van der Waals surface area contributed by atoms with Gasteiger partial charge >= 0.3 is 0 Å². The summed E-state index contributed by atoms with van der Waals surface area (Å²) in [6, 6.07) is 6.80. The van der Waals surface area contributed by atoms with E-state index in [1.807, 2.05) is 7.05 Å². The van der Waals surface area contributed by atoms with Crippen LogP contribution in [0.3, 0.4) is 0 Å². The minimum Gasteiger partial charge on any atom is -0.309 e. The molecular weight excluding hydrogens is 242 g/mol. The number of aromatic nitrogens is 2. The van der Waals surface area contributed by atoms with Gasteiger partial charge < -0.3 is 5.32 Å². The van der Waals surface area contributed by atoms with E-state index in [0.717, 1.165) is 12.1 Å². The topological polar surface area (TPSA) is 37.8 Å². The van der Waals surface area contributed by atoms with E-state index in [1.54, 1.807) is 0 Å². The number of nitrogens with one attached hydrogen (secondary N) is 1. The SMILES string of the molecule is CCc1nnsc1C(NC)c1ccc(C)c(C)c1. The summed E-state index contributed by atoms with van der Waals surface area (Å²) in [5.41, 5.74) is 5.02. The molecule has 18 heavy (non-hydrogen) atoms. The van der Waals surface area contributed by atoms with Gasteiger partial charge in [0.25, 0.3) is 0 Å². The highest BCUT2D eigenvalue weighted by Crippen LogP contribution is 2.28. The summed E-state index contributed by atoms with van der Waals surface area (Å²) < 4.78 is 4.08. The van der Waals surface area contributed by atoms with Crippen molar-refractivity contribution in [1.29, 1.82) is 0 Å². The molecule has 3 nitrogen and oxygen atoms in total. The second-order valence-corrected chi connectivity index (χ2v) is 5.29. The maximum absolute atomic E-state index is 4.20. The van der Waals surface area contributed by atoms with Gasteiger partial charge in [-0.3, -0.25) is 0 Å². The summed E-state index contributed by atoms with van der Waals surface area (Å²) in [6.45, 7) is 6.41. The van der Waals surface area contributed by atoms with Gasteiger partial charge in [0, 0.05) is 0 Å². The van der Waals surface area contributed by atoms with Crippen molar-refractivity contribution in [1.82, 2.24) is 14.9 Å². The van der Waals surface area contributed by atoms with Gasteiger partial charge in [0.2, 0.25) is 0 Å². The first kappa shape index (κ1) is 13.2. The Labute approximate surface area is 112 Å². The predicted octanol–water partition coefficient (Wildman–Crippen LogP) is 3.03. The summed E-state index contributed by atoms with van der Waals surface area (Å²) in [4.78, 5) is 1.23. The van der Waals surface area contributed by atoms with Crippen LogP contribution in [0.25, 0.3) is 0 Å². The van der Waals surface area contributed by atoms with Crippen LogP contribution in [0.2, 0.25) is 0 Å². The van der Waals surface area contributed by atoms with Gasteiger partial charge in [-0.05, 0) is 55.5 Å². The van der Waals surface area contributed by atoms with Crippen molar-refractivity contribution in [2.45, 2.75) is 33.2 Å². The lowest BCUT2D eigenvalue weighted by Gasteiger charge is -2.16. The molecule has 1 aromatic heterocycles. The van der Waals surface area contributed by atoms with Crippen LogP contribution < -0.4 is 5.32 Å². The Kier molecular flexibility index (Phi) is 4.09. The lowest BCUT2D eigenvalue weighted by atomic mass is 9.99. The molecule has 2 aromatic rings. The maximum atomic E-state index is 4.20. The van der Waals surface area contributed by atoms with E-state index in [9.17, 15) is 0 Å². The van der Waals surface area contributed by atoms with Gasteiger partial charge in [-0.15, -0.1) is 5.10 Å². The molecule has 96 valence electrons. The fourth-order valence-electron chi connectivity index (χ4n) is 2.07. The summed E-state index contributed by atoms with van der Waals surface area (Å²) in [7, 11) is 1.99. The highest BCUT2D eigenvalue weighted by Gasteiger charge is 2.19. The Balaban J connectivity index is 2.42. The zero-order valence-electron chi connectivity index (χ0n) is 11.3. The van der Waals surface area contributed by atoms with E-state index < -0.39 is 0 Å². The van der Waals surface area contributed by atoms with Crippen molar-refractivity contribution in [3.8, 4) is 0 Å². The highest BCUT2D eigenvalue weighted by atomic mass is 32.1. The second-order valence-electron chi connectivity index (χ2n) is 4.50. The fraction of sp³-hybridized carbons (Fsp3) is 0.429. The molecule has 2 rings (SSSR count). The zero-order valence-corrected chi connectivity index (χ0v) is 12.1. The van der Waals surface area contributed by atoms with Crippen molar-refractivity contribution in [2.75, 3.05) is 7.05 Å². The molecule has 0 saturated carbocycles. The normalized spacial score (nSPS) is 12.7. The first-order valence-electron chi connectivity index (χ1n) is 6.23. The van der Waals surface area contributed by atoms with E-state index in [4.69, 9.17) is 0 Å². The molecule has 4 heteroatoms.